The molecule has 1 aliphatic rings. The Morgan fingerprint density at radius 1 is 1.35 bits per heavy atom. The number of nitrogens with zero attached hydrogens (tertiary/aromatic N) is 3. The van der Waals surface area contributed by atoms with Crippen molar-refractivity contribution in [3.63, 3.8) is 0 Å². The van der Waals surface area contributed by atoms with Gasteiger partial charge < -0.3 is 0 Å². The second kappa shape index (κ2) is 5.85. The summed E-state index contributed by atoms with van der Waals surface area (Å²) in [4.78, 5) is 10.8. The van der Waals surface area contributed by atoms with Crippen molar-refractivity contribution in [2.24, 2.45) is 0 Å². The van der Waals surface area contributed by atoms with Gasteiger partial charge in [0.1, 0.15) is 5.82 Å². The Bertz CT molecular complexity index is 591. The maximum Gasteiger partial charge on any atom is 0.124 e. The lowest BCUT2D eigenvalue weighted by atomic mass is 10.1. The van der Waals surface area contributed by atoms with Crippen LogP contribution in [0.1, 0.15) is 30.1 Å². The molecule has 0 amide bonds. The van der Waals surface area contributed by atoms with Crippen molar-refractivity contribution < 1.29 is 4.39 Å². The molecule has 1 aliphatic heterocycles. The number of halogens is 2. The molecule has 0 aliphatic carbocycles. The van der Waals surface area contributed by atoms with Crippen LogP contribution in [-0.2, 0) is 6.54 Å². The van der Waals surface area contributed by atoms with Crippen molar-refractivity contribution in [3.05, 3.63) is 58.9 Å². The van der Waals surface area contributed by atoms with Gasteiger partial charge in [-0.05, 0) is 37.1 Å². The zero-order valence-corrected chi connectivity index (χ0v) is 11.7. The van der Waals surface area contributed by atoms with E-state index in [1.165, 1.54) is 12.1 Å². The molecular weight excluding hydrogens is 277 g/mol. The highest BCUT2D eigenvalue weighted by atomic mass is 35.5. The van der Waals surface area contributed by atoms with Gasteiger partial charge in [0, 0.05) is 30.2 Å². The highest BCUT2D eigenvalue weighted by molar-refractivity contribution is 6.31. The zero-order valence-electron chi connectivity index (χ0n) is 11.0. The van der Waals surface area contributed by atoms with Gasteiger partial charge in [-0.2, -0.15) is 0 Å². The number of aromatic nitrogens is 2. The highest BCUT2D eigenvalue weighted by Crippen LogP contribution is 2.32. The Kier molecular flexibility index (Phi) is 3.94. The second-order valence-corrected chi connectivity index (χ2v) is 5.40. The molecule has 0 spiro atoms. The maximum atomic E-state index is 13.1. The number of benzene rings is 1. The summed E-state index contributed by atoms with van der Waals surface area (Å²) in [6.45, 7) is 1.70. The van der Waals surface area contributed by atoms with E-state index in [1.54, 1.807) is 18.5 Å². The summed E-state index contributed by atoms with van der Waals surface area (Å²) in [7, 11) is 0. The highest BCUT2D eigenvalue weighted by Gasteiger charge is 2.27. The molecule has 2 aromatic rings. The van der Waals surface area contributed by atoms with E-state index in [-0.39, 0.29) is 11.9 Å². The van der Waals surface area contributed by atoms with Crippen LogP contribution in [0.4, 0.5) is 4.39 Å². The summed E-state index contributed by atoms with van der Waals surface area (Å²) in [5.74, 6) is -0.300. The van der Waals surface area contributed by atoms with Crippen molar-refractivity contribution in [3.8, 4) is 0 Å². The first-order valence-corrected chi connectivity index (χ1v) is 7.06. The van der Waals surface area contributed by atoms with Crippen molar-refractivity contribution in [2.75, 3.05) is 6.54 Å². The van der Waals surface area contributed by atoms with Crippen LogP contribution >= 0.6 is 11.6 Å². The van der Waals surface area contributed by atoms with Gasteiger partial charge in [0.05, 0.1) is 11.7 Å². The van der Waals surface area contributed by atoms with Gasteiger partial charge in [-0.25, -0.2) is 4.39 Å². The van der Waals surface area contributed by atoms with Gasteiger partial charge in [0.2, 0.25) is 0 Å². The first-order valence-electron chi connectivity index (χ1n) is 6.68. The average molecular weight is 292 g/mol. The molecule has 1 atom stereocenters. The van der Waals surface area contributed by atoms with E-state index in [2.05, 4.69) is 14.9 Å². The summed E-state index contributed by atoms with van der Waals surface area (Å²) in [6, 6.07) is 4.84. The molecule has 1 aromatic carbocycles. The summed E-state index contributed by atoms with van der Waals surface area (Å²) in [5, 5.41) is 0.481. The molecule has 0 radical (unpaired) electrons. The molecule has 20 heavy (non-hydrogen) atoms. The first-order chi connectivity index (χ1) is 9.74. The van der Waals surface area contributed by atoms with Crippen molar-refractivity contribution >= 4 is 11.6 Å². The van der Waals surface area contributed by atoms with Crippen molar-refractivity contribution in [1.29, 1.82) is 0 Å². The lowest BCUT2D eigenvalue weighted by Gasteiger charge is -2.24. The second-order valence-electron chi connectivity index (χ2n) is 4.99. The molecule has 104 valence electrons. The van der Waals surface area contributed by atoms with Gasteiger partial charge in [0.15, 0.2) is 0 Å². The molecule has 1 fully saturated rings. The third-order valence-electron chi connectivity index (χ3n) is 3.68. The largest absolute Gasteiger partial charge is 0.290 e. The minimum Gasteiger partial charge on any atom is -0.290 e. The molecule has 3 nitrogen and oxygen atoms in total. The first kappa shape index (κ1) is 13.5. The molecule has 0 bridgehead atoms. The van der Waals surface area contributed by atoms with E-state index in [9.17, 15) is 4.39 Å². The van der Waals surface area contributed by atoms with E-state index >= 15 is 0 Å². The molecule has 1 saturated heterocycles. The third kappa shape index (κ3) is 2.81. The molecule has 3 rings (SSSR count). The van der Waals surface area contributed by atoms with E-state index < -0.39 is 0 Å². The van der Waals surface area contributed by atoms with Crippen LogP contribution in [0.25, 0.3) is 0 Å². The van der Waals surface area contributed by atoms with E-state index in [4.69, 9.17) is 11.6 Å². The third-order valence-corrected chi connectivity index (χ3v) is 4.03. The minimum atomic E-state index is -0.300. The van der Waals surface area contributed by atoms with Crippen LogP contribution < -0.4 is 0 Å². The number of likely N-dealkylation sites (tertiary alicyclic amines) is 1. The van der Waals surface area contributed by atoms with E-state index in [0.717, 1.165) is 30.6 Å². The predicted molar refractivity (Wildman–Crippen MR) is 75.8 cm³/mol. The van der Waals surface area contributed by atoms with Gasteiger partial charge in [-0.15, -0.1) is 0 Å². The average Bonchev–Trinajstić information content (AvgIpc) is 2.91. The topological polar surface area (TPSA) is 29.0 Å². The molecule has 1 aromatic heterocycles. The quantitative estimate of drug-likeness (QED) is 0.865. The van der Waals surface area contributed by atoms with Crippen molar-refractivity contribution in [2.45, 2.75) is 25.4 Å². The van der Waals surface area contributed by atoms with Gasteiger partial charge >= 0.3 is 0 Å². The fourth-order valence-electron chi connectivity index (χ4n) is 2.70. The molecule has 0 unspecified atom stereocenters. The summed E-state index contributed by atoms with van der Waals surface area (Å²) >= 11 is 6.11. The van der Waals surface area contributed by atoms with Crippen LogP contribution in [0.15, 0.2) is 36.8 Å². The normalized spacial score (nSPS) is 19.4. The monoisotopic (exact) mass is 291 g/mol. The Labute approximate surface area is 122 Å². The molecule has 5 heteroatoms. The Morgan fingerprint density at radius 2 is 2.25 bits per heavy atom. The summed E-state index contributed by atoms with van der Waals surface area (Å²) < 4.78 is 13.1. The number of rotatable bonds is 3. The predicted octanol–water partition coefficient (Wildman–Crippen LogP) is 3.61. The lowest BCUT2D eigenvalue weighted by molar-refractivity contribution is 0.244. The molecule has 0 saturated carbocycles. The summed E-state index contributed by atoms with van der Waals surface area (Å²) in [6.07, 6.45) is 7.41. The van der Waals surface area contributed by atoms with E-state index in [1.807, 2.05) is 6.20 Å². The van der Waals surface area contributed by atoms with Crippen LogP contribution in [0.3, 0.4) is 0 Å². The zero-order chi connectivity index (χ0) is 13.9. The van der Waals surface area contributed by atoms with Crippen LogP contribution in [0, 0.1) is 5.82 Å². The number of hydrogen-bond donors (Lipinski definition) is 0. The molecule has 2 heterocycles. The van der Waals surface area contributed by atoms with Gasteiger partial charge in [-0.3, -0.25) is 14.9 Å². The Hall–Kier alpha value is -1.52. The number of hydrogen-bond acceptors (Lipinski definition) is 3. The van der Waals surface area contributed by atoms with Crippen LogP contribution in [0.2, 0.25) is 5.02 Å². The fraction of sp³-hybridized carbons (Fsp3) is 0.333. The molecule has 0 N–H and O–H groups in total. The van der Waals surface area contributed by atoms with Gasteiger partial charge in [0.25, 0.3) is 0 Å². The summed E-state index contributed by atoms with van der Waals surface area (Å²) in [5.41, 5.74) is 1.94. The SMILES string of the molecule is Fc1ccc(CN2CCC[C@@H]2c2cnccn2)c(Cl)c1. The minimum absolute atomic E-state index is 0.268. The van der Waals surface area contributed by atoms with Crippen LogP contribution in [0.5, 0.6) is 0 Å². The van der Waals surface area contributed by atoms with E-state index in [0.29, 0.717) is 11.6 Å². The lowest BCUT2D eigenvalue weighted by Crippen LogP contribution is -2.23. The standard InChI is InChI=1S/C15H15ClFN3/c16-13-8-12(17)4-3-11(13)10-20-7-1-2-15(20)14-9-18-5-6-19-14/h3-6,8-9,15H,1-2,7,10H2/t15-/m1/s1. The maximum absolute atomic E-state index is 13.1. The Balaban J connectivity index is 1.79. The van der Waals surface area contributed by atoms with Crippen molar-refractivity contribution in [1.82, 2.24) is 14.9 Å². The smallest absolute Gasteiger partial charge is 0.124 e. The molecular formula is C15H15ClFN3. The van der Waals surface area contributed by atoms with Gasteiger partial charge in [-0.1, -0.05) is 17.7 Å². The van der Waals surface area contributed by atoms with Crippen LogP contribution in [-0.4, -0.2) is 21.4 Å². The fourth-order valence-corrected chi connectivity index (χ4v) is 2.93. The Morgan fingerprint density at radius 3 is 3.00 bits per heavy atom.